The van der Waals surface area contributed by atoms with Crippen LogP contribution in [0, 0.1) is 0 Å². The van der Waals surface area contributed by atoms with Crippen molar-refractivity contribution in [3.63, 3.8) is 0 Å². The van der Waals surface area contributed by atoms with Crippen LogP contribution >= 0.6 is 0 Å². The monoisotopic (exact) mass is 237 g/mol. The topological polar surface area (TPSA) is 92.6 Å². The minimum atomic E-state index is -0.508. The van der Waals surface area contributed by atoms with Crippen molar-refractivity contribution in [1.29, 1.82) is 0 Å². The zero-order valence-electron chi connectivity index (χ0n) is 10.0. The molecule has 94 valence electrons. The number of aliphatic hydroxyl groups is 1. The van der Waals surface area contributed by atoms with E-state index in [0.29, 0.717) is 23.5 Å². The van der Waals surface area contributed by atoms with Crippen molar-refractivity contribution < 1.29 is 9.90 Å². The number of hydrogen-bond acceptors (Lipinski definition) is 4. The molecule has 1 rings (SSSR count). The van der Waals surface area contributed by atoms with Crippen molar-refractivity contribution in [2.24, 2.45) is 5.73 Å². The van der Waals surface area contributed by atoms with Crippen molar-refractivity contribution >= 4 is 17.3 Å². The molecular formula is C12H19N3O2. The van der Waals surface area contributed by atoms with E-state index in [-0.39, 0.29) is 6.61 Å². The van der Waals surface area contributed by atoms with Gasteiger partial charge in [-0.05, 0) is 18.6 Å². The number of carbonyl (C=O) groups excluding carboxylic acids is 1. The van der Waals surface area contributed by atoms with Crippen LogP contribution in [0.3, 0.4) is 0 Å². The Morgan fingerprint density at radius 1 is 1.41 bits per heavy atom. The second kappa shape index (κ2) is 6.10. The van der Waals surface area contributed by atoms with E-state index in [1.54, 1.807) is 18.2 Å². The molecule has 0 aromatic heterocycles. The van der Waals surface area contributed by atoms with Crippen LogP contribution in [0.5, 0.6) is 0 Å². The second-order valence-corrected chi connectivity index (χ2v) is 3.82. The molecule has 0 heterocycles. The highest BCUT2D eigenvalue weighted by Gasteiger charge is 2.16. The van der Waals surface area contributed by atoms with E-state index >= 15 is 0 Å². The maximum absolute atomic E-state index is 11.4. The van der Waals surface area contributed by atoms with Gasteiger partial charge in [0.25, 0.3) is 5.91 Å². The number of anilines is 2. The number of benzene rings is 1. The second-order valence-electron chi connectivity index (χ2n) is 3.82. The zero-order valence-corrected chi connectivity index (χ0v) is 10.0. The van der Waals surface area contributed by atoms with Gasteiger partial charge in [-0.3, -0.25) is 4.79 Å². The van der Waals surface area contributed by atoms with Crippen molar-refractivity contribution in [2.45, 2.75) is 13.3 Å². The third-order valence-corrected chi connectivity index (χ3v) is 2.51. The van der Waals surface area contributed by atoms with Crippen LogP contribution in [-0.4, -0.2) is 30.7 Å². The SMILES string of the molecule is CCCN(CCO)c1c(N)cccc1C(N)=O. The molecule has 5 N–H and O–H groups in total. The highest BCUT2D eigenvalue weighted by molar-refractivity contribution is 6.01. The Morgan fingerprint density at radius 2 is 2.12 bits per heavy atom. The van der Waals surface area contributed by atoms with Crippen LogP contribution in [0.4, 0.5) is 11.4 Å². The van der Waals surface area contributed by atoms with Crippen LogP contribution in [0.15, 0.2) is 18.2 Å². The Kier molecular flexibility index (Phi) is 4.78. The van der Waals surface area contributed by atoms with E-state index in [9.17, 15) is 4.79 Å². The van der Waals surface area contributed by atoms with Gasteiger partial charge in [-0.1, -0.05) is 13.0 Å². The summed E-state index contributed by atoms with van der Waals surface area (Å²) in [5.41, 5.74) is 12.7. The smallest absolute Gasteiger partial charge is 0.250 e. The predicted molar refractivity (Wildman–Crippen MR) is 69.0 cm³/mol. The van der Waals surface area contributed by atoms with Crippen molar-refractivity contribution in [3.05, 3.63) is 23.8 Å². The molecule has 5 nitrogen and oxygen atoms in total. The van der Waals surface area contributed by atoms with E-state index in [0.717, 1.165) is 13.0 Å². The average molecular weight is 237 g/mol. The quantitative estimate of drug-likeness (QED) is 0.631. The highest BCUT2D eigenvalue weighted by atomic mass is 16.3. The van der Waals surface area contributed by atoms with Crippen molar-refractivity contribution in [3.8, 4) is 0 Å². The number of hydrogen-bond donors (Lipinski definition) is 3. The Hall–Kier alpha value is -1.75. The van der Waals surface area contributed by atoms with Gasteiger partial charge in [-0.25, -0.2) is 0 Å². The Labute approximate surface area is 101 Å². The largest absolute Gasteiger partial charge is 0.397 e. The number of para-hydroxylation sites is 1. The Bertz CT molecular complexity index is 387. The highest BCUT2D eigenvalue weighted by Crippen LogP contribution is 2.27. The summed E-state index contributed by atoms with van der Waals surface area (Å²) in [6.45, 7) is 3.18. The molecule has 1 amide bonds. The minimum absolute atomic E-state index is 0.00648. The maximum atomic E-state index is 11.4. The number of nitrogens with zero attached hydrogens (tertiary/aromatic N) is 1. The molecule has 5 heteroatoms. The molecule has 17 heavy (non-hydrogen) atoms. The fourth-order valence-corrected chi connectivity index (χ4v) is 1.84. The molecule has 0 saturated heterocycles. The summed E-state index contributed by atoms with van der Waals surface area (Å²) in [5, 5.41) is 9.05. The van der Waals surface area contributed by atoms with Gasteiger partial charge in [0.15, 0.2) is 0 Å². The van der Waals surface area contributed by atoms with E-state index < -0.39 is 5.91 Å². The average Bonchev–Trinajstić information content (AvgIpc) is 2.28. The van der Waals surface area contributed by atoms with Gasteiger partial charge < -0.3 is 21.5 Å². The molecule has 0 aliphatic carbocycles. The summed E-state index contributed by atoms with van der Waals surface area (Å²) < 4.78 is 0. The number of nitrogen functional groups attached to an aromatic ring is 1. The number of rotatable bonds is 6. The lowest BCUT2D eigenvalue weighted by Gasteiger charge is -2.26. The van der Waals surface area contributed by atoms with Gasteiger partial charge in [0.05, 0.1) is 23.5 Å². The molecule has 0 bridgehead atoms. The van der Waals surface area contributed by atoms with Crippen LogP contribution in [0.1, 0.15) is 23.7 Å². The predicted octanol–water partition coefficient (Wildman–Crippen LogP) is 0.576. The fraction of sp³-hybridized carbons (Fsp3) is 0.417. The first-order chi connectivity index (χ1) is 8.11. The summed E-state index contributed by atoms with van der Waals surface area (Å²) in [6, 6.07) is 5.07. The molecule has 1 aromatic carbocycles. The molecular weight excluding hydrogens is 218 g/mol. The molecule has 0 unspecified atom stereocenters. The molecule has 0 atom stereocenters. The number of aliphatic hydroxyl groups excluding tert-OH is 1. The molecule has 0 radical (unpaired) electrons. The third-order valence-electron chi connectivity index (χ3n) is 2.51. The normalized spacial score (nSPS) is 10.2. The molecule has 0 fully saturated rings. The molecule has 0 aliphatic rings. The summed E-state index contributed by atoms with van der Waals surface area (Å²) in [5.74, 6) is -0.508. The first-order valence-electron chi connectivity index (χ1n) is 5.65. The zero-order chi connectivity index (χ0) is 12.8. The lowest BCUT2D eigenvalue weighted by molar-refractivity contribution is 0.100. The van der Waals surface area contributed by atoms with Gasteiger partial charge in [-0.2, -0.15) is 0 Å². The van der Waals surface area contributed by atoms with Crippen molar-refractivity contribution in [1.82, 2.24) is 0 Å². The Balaban J connectivity index is 3.19. The molecule has 0 saturated carbocycles. The lowest BCUT2D eigenvalue weighted by atomic mass is 10.1. The van der Waals surface area contributed by atoms with E-state index in [2.05, 4.69) is 0 Å². The fourth-order valence-electron chi connectivity index (χ4n) is 1.84. The third kappa shape index (κ3) is 3.10. The summed E-state index contributed by atoms with van der Waals surface area (Å²) in [6.07, 6.45) is 0.895. The molecule has 0 aliphatic heterocycles. The summed E-state index contributed by atoms with van der Waals surface area (Å²) in [4.78, 5) is 13.2. The van der Waals surface area contributed by atoms with Crippen LogP contribution in [0.2, 0.25) is 0 Å². The maximum Gasteiger partial charge on any atom is 0.250 e. The van der Waals surface area contributed by atoms with Crippen molar-refractivity contribution in [2.75, 3.05) is 30.3 Å². The van der Waals surface area contributed by atoms with Gasteiger partial charge in [0.2, 0.25) is 0 Å². The van der Waals surface area contributed by atoms with Crippen LogP contribution in [-0.2, 0) is 0 Å². The van der Waals surface area contributed by atoms with Crippen LogP contribution < -0.4 is 16.4 Å². The van der Waals surface area contributed by atoms with E-state index in [4.69, 9.17) is 16.6 Å². The standard InChI is InChI=1S/C12H19N3O2/c1-2-6-15(7-8-16)11-9(12(14)17)4-3-5-10(11)13/h3-5,16H,2,6-8,13H2,1H3,(H2,14,17). The first kappa shape index (κ1) is 13.3. The summed E-state index contributed by atoms with van der Waals surface area (Å²) in [7, 11) is 0. The number of carbonyl (C=O) groups is 1. The summed E-state index contributed by atoms with van der Waals surface area (Å²) >= 11 is 0. The lowest BCUT2D eigenvalue weighted by Crippen LogP contribution is -2.30. The van der Waals surface area contributed by atoms with Crippen LogP contribution in [0.25, 0.3) is 0 Å². The van der Waals surface area contributed by atoms with Gasteiger partial charge in [-0.15, -0.1) is 0 Å². The van der Waals surface area contributed by atoms with Gasteiger partial charge >= 0.3 is 0 Å². The van der Waals surface area contributed by atoms with E-state index in [1.807, 2.05) is 11.8 Å². The van der Waals surface area contributed by atoms with E-state index in [1.165, 1.54) is 0 Å². The number of primary amides is 1. The molecule has 1 aromatic rings. The number of amides is 1. The molecule has 0 spiro atoms. The Morgan fingerprint density at radius 3 is 2.65 bits per heavy atom. The van der Waals surface area contributed by atoms with Gasteiger partial charge in [0, 0.05) is 13.1 Å². The number of nitrogens with two attached hydrogens (primary N) is 2. The minimum Gasteiger partial charge on any atom is -0.397 e. The first-order valence-corrected chi connectivity index (χ1v) is 5.65. The van der Waals surface area contributed by atoms with Gasteiger partial charge in [0.1, 0.15) is 0 Å².